The molecular formula is C29H34F2N4O4S2. The summed E-state index contributed by atoms with van der Waals surface area (Å²) in [5, 5.41) is 2.96. The fraction of sp³-hybridized carbons (Fsp3) is 0.483. The normalized spacial score (nSPS) is 18.5. The molecule has 2 aliphatic rings. The number of nitrogens with one attached hydrogen (secondary N) is 1. The lowest BCUT2D eigenvalue weighted by atomic mass is 9.83. The van der Waals surface area contributed by atoms with Gasteiger partial charge in [-0.15, -0.1) is 11.3 Å². The Labute approximate surface area is 242 Å². The highest BCUT2D eigenvalue weighted by Gasteiger charge is 2.37. The van der Waals surface area contributed by atoms with Crippen LogP contribution in [0.4, 0.5) is 13.9 Å². The average molecular weight is 605 g/mol. The van der Waals surface area contributed by atoms with Gasteiger partial charge in [0.2, 0.25) is 5.91 Å². The van der Waals surface area contributed by atoms with Crippen molar-refractivity contribution < 1.29 is 22.0 Å². The Morgan fingerprint density at radius 2 is 1.78 bits per heavy atom. The molecule has 1 fully saturated rings. The van der Waals surface area contributed by atoms with E-state index in [9.17, 15) is 26.8 Å². The molecule has 1 N–H and O–H groups in total. The number of anilines is 1. The van der Waals surface area contributed by atoms with E-state index in [4.69, 9.17) is 4.98 Å². The number of pyridine rings is 1. The topological polar surface area (TPSA) is 101 Å². The van der Waals surface area contributed by atoms with Gasteiger partial charge in [-0.1, -0.05) is 38.5 Å². The number of hydrogen-bond donors (Lipinski definition) is 1. The number of nitrogens with zero attached hydrogens (tertiary/aromatic N) is 3. The number of benzene rings is 1. The smallest absolute Gasteiger partial charge is 0.302 e. The van der Waals surface area contributed by atoms with E-state index in [1.807, 2.05) is 0 Å². The van der Waals surface area contributed by atoms with Gasteiger partial charge in [-0.25, -0.2) is 13.4 Å². The second kappa shape index (κ2) is 11.7. The highest BCUT2D eigenvalue weighted by molar-refractivity contribution is 7.92. The summed E-state index contributed by atoms with van der Waals surface area (Å²) in [6.45, 7) is 3.92. The van der Waals surface area contributed by atoms with Gasteiger partial charge < -0.3 is 5.32 Å². The summed E-state index contributed by atoms with van der Waals surface area (Å²) in [6, 6.07) is 9.19. The second-order valence-corrected chi connectivity index (χ2v) is 14.7. The van der Waals surface area contributed by atoms with E-state index in [-0.39, 0.29) is 35.1 Å². The predicted molar refractivity (Wildman–Crippen MR) is 154 cm³/mol. The lowest BCUT2D eigenvalue weighted by molar-refractivity contribution is -0.115. The Balaban J connectivity index is 1.22. The maximum Gasteiger partial charge on any atom is 0.321 e. The van der Waals surface area contributed by atoms with Crippen LogP contribution in [0.1, 0.15) is 74.3 Å². The van der Waals surface area contributed by atoms with Crippen molar-refractivity contribution in [3.63, 3.8) is 0 Å². The number of carbonyl (C=O) groups excluding carboxylic acids is 1. The Morgan fingerprint density at radius 1 is 1.10 bits per heavy atom. The molecular weight excluding hydrogens is 570 g/mol. The first kappa shape index (κ1) is 29.5. The summed E-state index contributed by atoms with van der Waals surface area (Å²) in [7, 11) is -3.40. The van der Waals surface area contributed by atoms with Crippen LogP contribution in [-0.4, -0.2) is 34.0 Å². The number of rotatable bonds is 10. The van der Waals surface area contributed by atoms with Crippen molar-refractivity contribution in [1.29, 1.82) is 0 Å². The lowest BCUT2D eigenvalue weighted by Gasteiger charge is -2.31. The minimum absolute atomic E-state index is 0.0735. The van der Waals surface area contributed by atoms with Crippen LogP contribution in [-0.2, 0) is 34.1 Å². The van der Waals surface area contributed by atoms with E-state index in [2.05, 4.69) is 24.1 Å². The van der Waals surface area contributed by atoms with Gasteiger partial charge in [-0.3, -0.25) is 19.1 Å². The molecule has 220 valence electrons. The van der Waals surface area contributed by atoms with Crippen LogP contribution >= 0.6 is 11.3 Å². The Hall–Kier alpha value is -2.96. The van der Waals surface area contributed by atoms with Gasteiger partial charge in [0.05, 0.1) is 28.3 Å². The van der Waals surface area contributed by atoms with Gasteiger partial charge in [-0.2, -0.15) is 8.78 Å². The summed E-state index contributed by atoms with van der Waals surface area (Å²) in [6.07, 6.45) is 4.27. The number of amides is 1. The van der Waals surface area contributed by atoms with Crippen molar-refractivity contribution in [3.05, 3.63) is 74.6 Å². The molecule has 1 unspecified atom stereocenters. The standard InChI is InChI=1S/C29H34F2N4O4S2/c1-17(2)27-26-23(16-34(27)14-20-9-12-25(37)35(15-20)28(30)31)40-29(33-26)32-24(36)13-19-7-10-22(11-8-19)41(38,39)18(3)21-5-4-6-21/h7-12,15,17-18,21,27-28H,4-6,13-14,16H2,1-3H3,(H,32,33,36)/t18?,27-/m0/s1. The first-order valence-corrected chi connectivity index (χ1v) is 16.2. The van der Waals surface area contributed by atoms with E-state index in [0.29, 0.717) is 33.9 Å². The monoisotopic (exact) mass is 604 g/mol. The van der Waals surface area contributed by atoms with Crippen LogP contribution < -0.4 is 10.9 Å². The van der Waals surface area contributed by atoms with Gasteiger partial charge in [0.1, 0.15) is 0 Å². The zero-order chi connectivity index (χ0) is 29.5. The molecule has 0 bridgehead atoms. The third kappa shape index (κ3) is 6.14. The summed E-state index contributed by atoms with van der Waals surface area (Å²) >= 11 is 1.39. The number of hydrogen-bond acceptors (Lipinski definition) is 7. The molecule has 41 heavy (non-hydrogen) atoms. The molecule has 8 nitrogen and oxygen atoms in total. The Morgan fingerprint density at radius 3 is 2.39 bits per heavy atom. The molecule has 1 saturated carbocycles. The average Bonchev–Trinajstić information content (AvgIpc) is 3.40. The van der Waals surface area contributed by atoms with Crippen molar-refractivity contribution in [2.24, 2.45) is 11.8 Å². The van der Waals surface area contributed by atoms with E-state index in [0.717, 1.165) is 35.9 Å². The molecule has 1 aliphatic heterocycles. The molecule has 3 heterocycles. The van der Waals surface area contributed by atoms with Crippen molar-refractivity contribution in [3.8, 4) is 0 Å². The Bertz CT molecular complexity index is 1580. The summed E-state index contributed by atoms with van der Waals surface area (Å²) < 4.78 is 52.7. The van der Waals surface area contributed by atoms with Crippen LogP contribution in [0.15, 0.2) is 52.3 Å². The molecule has 0 spiro atoms. The number of alkyl halides is 2. The van der Waals surface area contributed by atoms with Crippen molar-refractivity contribution in [1.82, 2.24) is 14.5 Å². The maximum atomic E-state index is 13.2. The van der Waals surface area contributed by atoms with Crippen LogP contribution in [0.3, 0.4) is 0 Å². The molecule has 1 aromatic carbocycles. The van der Waals surface area contributed by atoms with Gasteiger partial charge in [0.25, 0.3) is 5.56 Å². The van der Waals surface area contributed by atoms with Gasteiger partial charge in [0, 0.05) is 30.2 Å². The number of aromatic nitrogens is 2. The second-order valence-electron chi connectivity index (χ2n) is 11.3. The van der Waals surface area contributed by atoms with Crippen LogP contribution in [0.2, 0.25) is 0 Å². The number of fused-ring (bicyclic) bond motifs is 1. The van der Waals surface area contributed by atoms with Crippen molar-refractivity contribution >= 4 is 32.2 Å². The van der Waals surface area contributed by atoms with Crippen molar-refractivity contribution in [2.45, 2.75) is 82.3 Å². The summed E-state index contributed by atoms with van der Waals surface area (Å²) in [5.74, 6) is 0.142. The van der Waals surface area contributed by atoms with E-state index >= 15 is 0 Å². The van der Waals surface area contributed by atoms with E-state index < -0.39 is 27.2 Å². The molecule has 0 radical (unpaired) electrons. The zero-order valence-corrected chi connectivity index (χ0v) is 24.9. The molecule has 2 aromatic heterocycles. The first-order chi connectivity index (χ1) is 19.4. The van der Waals surface area contributed by atoms with Gasteiger partial charge in [-0.05, 0) is 54.9 Å². The SMILES string of the molecule is CC(C)[C@H]1c2nc(NC(=O)Cc3ccc(S(=O)(=O)C(C)C4CCC4)cc3)sc2CN1Cc1ccc(=O)n(C(F)F)c1. The zero-order valence-electron chi connectivity index (χ0n) is 23.2. The molecule has 0 saturated heterocycles. The fourth-order valence-electron chi connectivity index (χ4n) is 5.66. The molecule has 5 rings (SSSR count). The summed E-state index contributed by atoms with van der Waals surface area (Å²) in [4.78, 5) is 32.7. The third-order valence-electron chi connectivity index (χ3n) is 8.14. The van der Waals surface area contributed by atoms with E-state index in [1.54, 1.807) is 37.3 Å². The maximum absolute atomic E-state index is 13.2. The number of halogens is 2. The minimum Gasteiger partial charge on any atom is -0.302 e. The van der Waals surface area contributed by atoms with Crippen LogP contribution in [0, 0.1) is 11.8 Å². The molecule has 2 atom stereocenters. The highest BCUT2D eigenvalue weighted by Crippen LogP contribution is 2.43. The number of carbonyl (C=O) groups is 1. The number of sulfone groups is 1. The first-order valence-electron chi connectivity index (χ1n) is 13.8. The predicted octanol–water partition coefficient (Wildman–Crippen LogP) is 5.56. The van der Waals surface area contributed by atoms with Crippen LogP contribution in [0.25, 0.3) is 0 Å². The van der Waals surface area contributed by atoms with Gasteiger partial charge >= 0.3 is 6.55 Å². The molecule has 1 aliphatic carbocycles. The summed E-state index contributed by atoms with van der Waals surface area (Å²) in [5.41, 5.74) is 1.43. The van der Waals surface area contributed by atoms with Crippen LogP contribution in [0.5, 0.6) is 0 Å². The molecule has 1 amide bonds. The molecule has 12 heteroatoms. The molecule has 3 aromatic rings. The lowest BCUT2D eigenvalue weighted by Crippen LogP contribution is -2.31. The van der Waals surface area contributed by atoms with E-state index in [1.165, 1.54) is 17.5 Å². The van der Waals surface area contributed by atoms with Crippen molar-refractivity contribution in [2.75, 3.05) is 5.32 Å². The largest absolute Gasteiger partial charge is 0.321 e. The third-order valence-corrected chi connectivity index (χ3v) is 11.4. The number of thiazole rings is 1. The van der Waals surface area contributed by atoms with Gasteiger partial charge in [0.15, 0.2) is 15.0 Å². The highest BCUT2D eigenvalue weighted by atomic mass is 32.2. The quantitative estimate of drug-likeness (QED) is 0.325. The minimum atomic E-state index is -3.40. The fourth-order valence-corrected chi connectivity index (χ4v) is 8.43. The Kier molecular flexibility index (Phi) is 8.45.